The number of nitrogens with two attached hydrogens (primary N) is 1. The van der Waals surface area contributed by atoms with E-state index in [1.807, 2.05) is 30.1 Å². The minimum Gasteiger partial charge on any atom is -0.396 e. The lowest BCUT2D eigenvalue weighted by Crippen LogP contribution is -1.86. The summed E-state index contributed by atoms with van der Waals surface area (Å²) in [6.45, 7) is 0. The maximum Gasteiger partial charge on any atom is 0.116 e. The number of hydrogen-bond donors (Lipinski definition) is 1. The average Bonchev–Trinajstić information content (AvgIpc) is 2.58. The summed E-state index contributed by atoms with van der Waals surface area (Å²) in [6.07, 6.45) is 1.81. The van der Waals surface area contributed by atoms with Crippen LogP contribution >= 0.6 is 11.3 Å². The molecule has 12 heavy (non-hydrogen) atoms. The van der Waals surface area contributed by atoms with E-state index in [1.54, 1.807) is 16.0 Å². The molecule has 0 spiro atoms. The second kappa shape index (κ2) is 2.64. The highest BCUT2D eigenvalue weighted by Gasteiger charge is 2.06. The van der Waals surface area contributed by atoms with Crippen LogP contribution in [-0.2, 0) is 7.05 Å². The molecule has 62 valence electrons. The molecule has 0 aliphatic heterocycles. The standard InChI is InChI=1S/C8H9N3S/c1-11-4-7(9)8(10-11)6-2-3-12-5-6/h2-5H,9H2,1H3. The zero-order valence-corrected chi connectivity index (χ0v) is 7.51. The first-order valence-electron chi connectivity index (χ1n) is 3.59. The molecule has 0 aromatic carbocycles. The molecule has 2 rings (SSSR count). The molecule has 0 amide bonds. The predicted octanol–water partition coefficient (Wildman–Crippen LogP) is 1.73. The lowest BCUT2D eigenvalue weighted by molar-refractivity contribution is 0.771. The van der Waals surface area contributed by atoms with Crippen LogP contribution in [-0.4, -0.2) is 9.78 Å². The molecule has 0 radical (unpaired) electrons. The van der Waals surface area contributed by atoms with Crippen molar-refractivity contribution in [1.82, 2.24) is 9.78 Å². The van der Waals surface area contributed by atoms with Gasteiger partial charge in [-0.15, -0.1) is 0 Å². The van der Waals surface area contributed by atoms with Gasteiger partial charge in [-0.2, -0.15) is 16.4 Å². The van der Waals surface area contributed by atoms with Crippen LogP contribution < -0.4 is 5.73 Å². The Hall–Kier alpha value is -1.29. The first-order valence-corrected chi connectivity index (χ1v) is 4.53. The normalized spacial score (nSPS) is 10.4. The molecule has 3 nitrogen and oxygen atoms in total. The van der Waals surface area contributed by atoms with Crippen LogP contribution in [0.15, 0.2) is 23.0 Å². The molecule has 2 aromatic heterocycles. The van der Waals surface area contributed by atoms with Gasteiger partial charge >= 0.3 is 0 Å². The Bertz CT molecular complexity index is 375. The van der Waals surface area contributed by atoms with Gasteiger partial charge in [0.15, 0.2) is 0 Å². The molecule has 2 heterocycles. The van der Waals surface area contributed by atoms with Crippen LogP contribution in [0.3, 0.4) is 0 Å². The van der Waals surface area contributed by atoms with Crippen molar-refractivity contribution < 1.29 is 0 Å². The van der Waals surface area contributed by atoms with Crippen molar-refractivity contribution in [3.63, 3.8) is 0 Å². The Balaban J connectivity index is 2.54. The van der Waals surface area contributed by atoms with Crippen molar-refractivity contribution in [2.45, 2.75) is 0 Å². The summed E-state index contributed by atoms with van der Waals surface area (Å²) < 4.78 is 1.72. The van der Waals surface area contributed by atoms with E-state index in [1.165, 1.54) is 0 Å². The third kappa shape index (κ3) is 1.10. The molecule has 0 atom stereocenters. The molecule has 0 aliphatic rings. The molecule has 0 saturated heterocycles. The van der Waals surface area contributed by atoms with Crippen LogP contribution in [0.25, 0.3) is 11.3 Å². The minimum atomic E-state index is 0.732. The fraction of sp³-hybridized carbons (Fsp3) is 0.125. The third-order valence-corrected chi connectivity index (χ3v) is 2.33. The highest BCUT2D eigenvalue weighted by molar-refractivity contribution is 7.08. The molecule has 2 aromatic rings. The van der Waals surface area contributed by atoms with Crippen LogP contribution in [0.1, 0.15) is 0 Å². The minimum absolute atomic E-state index is 0.732. The van der Waals surface area contributed by atoms with Crippen molar-refractivity contribution in [1.29, 1.82) is 0 Å². The van der Waals surface area contributed by atoms with Crippen molar-refractivity contribution in [3.05, 3.63) is 23.0 Å². The van der Waals surface area contributed by atoms with Gasteiger partial charge in [-0.1, -0.05) is 0 Å². The number of anilines is 1. The Labute approximate surface area is 74.4 Å². The van der Waals surface area contributed by atoms with Gasteiger partial charge in [0.25, 0.3) is 0 Å². The second-order valence-corrected chi connectivity index (χ2v) is 3.40. The fourth-order valence-corrected chi connectivity index (χ4v) is 1.77. The van der Waals surface area contributed by atoms with Crippen LogP contribution in [0.4, 0.5) is 5.69 Å². The first kappa shape index (κ1) is 7.36. The summed E-state index contributed by atoms with van der Waals surface area (Å²) >= 11 is 1.65. The highest BCUT2D eigenvalue weighted by Crippen LogP contribution is 2.25. The van der Waals surface area contributed by atoms with Gasteiger partial charge in [-0.3, -0.25) is 4.68 Å². The second-order valence-electron chi connectivity index (χ2n) is 2.62. The van der Waals surface area contributed by atoms with Crippen molar-refractivity contribution >= 4 is 17.0 Å². The summed E-state index contributed by atoms with van der Waals surface area (Å²) in [6, 6.07) is 2.02. The molecule has 4 heteroatoms. The van der Waals surface area contributed by atoms with Crippen LogP contribution in [0.5, 0.6) is 0 Å². The molecular formula is C8H9N3S. The molecule has 0 bridgehead atoms. The average molecular weight is 179 g/mol. The summed E-state index contributed by atoms with van der Waals surface area (Å²) in [7, 11) is 1.87. The van der Waals surface area contributed by atoms with Gasteiger partial charge in [0.1, 0.15) is 5.69 Å². The lowest BCUT2D eigenvalue weighted by Gasteiger charge is -1.90. The maximum absolute atomic E-state index is 5.75. The van der Waals surface area contributed by atoms with E-state index in [-0.39, 0.29) is 0 Å². The Morgan fingerprint density at radius 1 is 1.58 bits per heavy atom. The van der Waals surface area contributed by atoms with E-state index in [4.69, 9.17) is 5.73 Å². The van der Waals surface area contributed by atoms with Crippen LogP contribution in [0, 0.1) is 0 Å². The van der Waals surface area contributed by atoms with Gasteiger partial charge in [0.05, 0.1) is 5.69 Å². The van der Waals surface area contributed by atoms with Crippen LogP contribution in [0.2, 0.25) is 0 Å². The first-order chi connectivity index (χ1) is 5.77. The SMILES string of the molecule is Cn1cc(N)c(-c2ccsc2)n1. The summed E-state index contributed by atoms with van der Waals surface area (Å²) in [5, 5.41) is 8.31. The zero-order valence-electron chi connectivity index (χ0n) is 6.69. The molecule has 2 N–H and O–H groups in total. The third-order valence-electron chi connectivity index (χ3n) is 1.65. The quantitative estimate of drug-likeness (QED) is 0.724. The summed E-state index contributed by atoms with van der Waals surface area (Å²) in [4.78, 5) is 0. The van der Waals surface area contributed by atoms with E-state index >= 15 is 0 Å². The van der Waals surface area contributed by atoms with E-state index in [9.17, 15) is 0 Å². The fourth-order valence-electron chi connectivity index (χ4n) is 1.13. The van der Waals surface area contributed by atoms with Crippen molar-refractivity contribution in [2.24, 2.45) is 7.05 Å². The Kier molecular flexibility index (Phi) is 1.62. The van der Waals surface area contributed by atoms with Gasteiger partial charge in [0, 0.05) is 24.2 Å². The largest absolute Gasteiger partial charge is 0.396 e. The van der Waals surface area contributed by atoms with Gasteiger partial charge < -0.3 is 5.73 Å². The number of thiophene rings is 1. The molecule has 0 unspecified atom stereocenters. The summed E-state index contributed by atoms with van der Waals surface area (Å²) in [5.74, 6) is 0. The Morgan fingerprint density at radius 2 is 2.42 bits per heavy atom. The number of hydrogen-bond acceptors (Lipinski definition) is 3. The van der Waals surface area contributed by atoms with Crippen molar-refractivity contribution in [3.8, 4) is 11.3 Å². The zero-order chi connectivity index (χ0) is 8.55. The smallest absolute Gasteiger partial charge is 0.116 e. The number of aryl methyl sites for hydroxylation is 1. The topological polar surface area (TPSA) is 43.8 Å². The lowest BCUT2D eigenvalue weighted by atomic mass is 10.2. The molecule has 0 fully saturated rings. The van der Waals surface area contributed by atoms with Gasteiger partial charge in [0.2, 0.25) is 0 Å². The van der Waals surface area contributed by atoms with E-state index < -0.39 is 0 Å². The highest BCUT2D eigenvalue weighted by atomic mass is 32.1. The number of nitrogen functional groups attached to an aromatic ring is 1. The van der Waals surface area contributed by atoms with E-state index in [0.717, 1.165) is 16.9 Å². The number of rotatable bonds is 1. The maximum atomic E-state index is 5.75. The van der Waals surface area contributed by atoms with Gasteiger partial charge in [-0.05, 0) is 11.4 Å². The monoisotopic (exact) mass is 179 g/mol. The number of aromatic nitrogens is 2. The molecule has 0 aliphatic carbocycles. The number of nitrogens with zero attached hydrogens (tertiary/aromatic N) is 2. The van der Waals surface area contributed by atoms with E-state index in [2.05, 4.69) is 5.10 Å². The van der Waals surface area contributed by atoms with E-state index in [0.29, 0.717) is 0 Å². The predicted molar refractivity (Wildman–Crippen MR) is 50.9 cm³/mol. The van der Waals surface area contributed by atoms with Crippen molar-refractivity contribution in [2.75, 3.05) is 5.73 Å². The summed E-state index contributed by atoms with van der Waals surface area (Å²) in [5.41, 5.74) is 8.46. The Morgan fingerprint density at radius 3 is 2.92 bits per heavy atom. The molecular weight excluding hydrogens is 170 g/mol. The molecule has 0 saturated carbocycles. The van der Waals surface area contributed by atoms with Gasteiger partial charge in [-0.25, -0.2) is 0 Å².